The summed E-state index contributed by atoms with van der Waals surface area (Å²) in [5.74, 6) is 1.63. The number of hydrogen-bond acceptors (Lipinski definition) is 4. The fourth-order valence-electron chi connectivity index (χ4n) is 3.77. The highest BCUT2D eigenvalue weighted by Crippen LogP contribution is 2.33. The van der Waals surface area contributed by atoms with Gasteiger partial charge in [-0.3, -0.25) is 4.79 Å². The number of fused-ring (bicyclic) bond motifs is 1. The minimum Gasteiger partial charge on any atom is -0.497 e. The second-order valence-corrected chi connectivity index (χ2v) is 7.31. The van der Waals surface area contributed by atoms with Crippen molar-refractivity contribution >= 4 is 17.4 Å². The third-order valence-electron chi connectivity index (χ3n) is 5.32. The van der Waals surface area contributed by atoms with Crippen LogP contribution in [0.1, 0.15) is 28.4 Å². The van der Waals surface area contributed by atoms with Gasteiger partial charge in [0, 0.05) is 24.5 Å². The molecule has 5 heteroatoms. The number of amides is 1. The molecule has 4 rings (SSSR count). The fourth-order valence-corrected chi connectivity index (χ4v) is 3.77. The zero-order valence-electron chi connectivity index (χ0n) is 16.8. The van der Waals surface area contributed by atoms with E-state index >= 15 is 0 Å². The first-order chi connectivity index (χ1) is 14.2. The Morgan fingerprint density at radius 3 is 2.66 bits per heavy atom. The second-order valence-electron chi connectivity index (χ2n) is 7.31. The number of nitrogens with zero attached hydrogens (tertiary/aromatic N) is 2. The summed E-state index contributed by atoms with van der Waals surface area (Å²) in [6, 6.07) is 20.0. The molecule has 5 nitrogen and oxygen atoms in total. The molecule has 1 aliphatic heterocycles. The van der Waals surface area contributed by atoms with E-state index in [1.807, 2.05) is 47.4 Å². The lowest BCUT2D eigenvalue weighted by Crippen LogP contribution is -2.35. The number of rotatable bonds is 6. The van der Waals surface area contributed by atoms with E-state index in [0.717, 1.165) is 36.6 Å². The van der Waals surface area contributed by atoms with Gasteiger partial charge in [-0.05, 0) is 61.2 Å². The van der Waals surface area contributed by atoms with Gasteiger partial charge in [0.2, 0.25) is 0 Å². The summed E-state index contributed by atoms with van der Waals surface area (Å²) in [5.41, 5.74) is 4.06. The summed E-state index contributed by atoms with van der Waals surface area (Å²) < 4.78 is 5.18. The number of ether oxygens (including phenoxy) is 1. The molecule has 2 aromatic carbocycles. The molecule has 0 saturated carbocycles. The van der Waals surface area contributed by atoms with E-state index < -0.39 is 0 Å². The van der Waals surface area contributed by atoms with Crippen LogP contribution in [-0.4, -0.2) is 30.6 Å². The first-order valence-electron chi connectivity index (χ1n) is 9.90. The van der Waals surface area contributed by atoms with Gasteiger partial charge in [0.1, 0.15) is 11.6 Å². The minimum absolute atomic E-state index is 0.000247. The van der Waals surface area contributed by atoms with Crippen LogP contribution >= 0.6 is 0 Å². The summed E-state index contributed by atoms with van der Waals surface area (Å²) in [7, 11) is 1.67. The van der Waals surface area contributed by atoms with Gasteiger partial charge in [-0.1, -0.05) is 30.3 Å². The van der Waals surface area contributed by atoms with Gasteiger partial charge in [0.25, 0.3) is 5.91 Å². The number of hydrogen-bond donors (Lipinski definition) is 1. The topological polar surface area (TPSA) is 54.5 Å². The molecule has 1 atom stereocenters. The molecule has 2 heterocycles. The fraction of sp³-hybridized carbons (Fsp3) is 0.250. The van der Waals surface area contributed by atoms with Crippen molar-refractivity contribution in [2.75, 3.05) is 23.9 Å². The second kappa shape index (κ2) is 8.35. The average molecular weight is 387 g/mol. The lowest BCUT2D eigenvalue weighted by atomic mass is 10.1. The van der Waals surface area contributed by atoms with Crippen molar-refractivity contribution < 1.29 is 9.53 Å². The highest BCUT2D eigenvalue weighted by Gasteiger charge is 2.31. The Kier molecular flexibility index (Phi) is 5.47. The maximum Gasteiger partial charge on any atom is 0.260 e. The van der Waals surface area contributed by atoms with Crippen molar-refractivity contribution in [1.29, 1.82) is 0 Å². The summed E-state index contributed by atoms with van der Waals surface area (Å²) in [5, 5.41) is 3.31. The molecule has 0 fully saturated rings. The van der Waals surface area contributed by atoms with Gasteiger partial charge in [-0.2, -0.15) is 0 Å². The predicted octanol–water partition coefficient (Wildman–Crippen LogP) is 4.34. The number of aromatic nitrogens is 1. The number of nitrogens with one attached hydrogen (secondary N) is 1. The molecule has 1 aromatic heterocycles. The monoisotopic (exact) mass is 387 g/mol. The van der Waals surface area contributed by atoms with Gasteiger partial charge >= 0.3 is 0 Å². The van der Waals surface area contributed by atoms with E-state index in [1.54, 1.807) is 13.3 Å². The van der Waals surface area contributed by atoms with Crippen LogP contribution in [0, 0.1) is 0 Å². The number of pyridine rings is 1. The number of benzene rings is 2. The summed E-state index contributed by atoms with van der Waals surface area (Å²) in [4.78, 5) is 19.3. The number of para-hydroxylation sites is 1. The van der Waals surface area contributed by atoms with Crippen LogP contribution < -0.4 is 15.0 Å². The predicted molar refractivity (Wildman–Crippen MR) is 116 cm³/mol. The molecule has 0 saturated heterocycles. The van der Waals surface area contributed by atoms with Crippen LogP contribution in [0.5, 0.6) is 5.75 Å². The molecule has 0 radical (unpaired) electrons. The number of anilines is 2. The molecule has 1 aliphatic rings. The Hall–Kier alpha value is -3.34. The van der Waals surface area contributed by atoms with E-state index in [2.05, 4.69) is 35.4 Å². The Labute approximate surface area is 171 Å². The third-order valence-corrected chi connectivity index (χ3v) is 5.32. The standard InChI is InChI=1S/C24H25N3O2/c1-17-15-19-5-3-4-6-22(19)27(17)24(28)20-9-12-23(26-16-20)25-14-13-18-7-10-21(29-2)11-8-18/h3-12,16-17H,13-15H2,1-2H3,(H,25,26). The van der Waals surface area contributed by atoms with E-state index in [-0.39, 0.29) is 11.9 Å². The first-order valence-corrected chi connectivity index (χ1v) is 9.90. The lowest BCUT2D eigenvalue weighted by molar-refractivity contribution is 0.0981. The molecule has 0 aliphatic carbocycles. The van der Waals surface area contributed by atoms with Crippen LogP contribution in [0.4, 0.5) is 11.5 Å². The minimum atomic E-state index is -0.000247. The Morgan fingerprint density at radius 2 is 1.93 bits per heavy atom. The van der Waals surface area contributed by atoms with Gasteiger partial charge < -0.3 is 15.0 Å². The van der Waals surface area contributed by atoms with E-state index in [1.165, 1.54) is 11.1 Å². The van der Waals surface area contributed by atoms with Crippen LogP contribution in [0.15, 0.2) is 66.9 Å². The SMILES string of the molecule is COc1ccc(CCNc2ccc(C(=O)N3c4ccccc4CC3C)cn2)cc1. The Bertz CT molecular complexity index is 984. The van der Waals surface area contributed by atoms with E-state index in [0.29, 0.717) is 5.56 Å². The van der Waals surface area contributed by atoms with Crippen molar-refractivity contribution in [3.63, 3.8) is 0 Å². The number of methoxy groups -OCH3 is 1. The van der Waals surface area contributed by atoms with E-state index in [9.17, 15) is 4.79 Å². The average Bonchev–Trinajstić information content (AvgIpc) is 3.10. The quantitative estimate of drug-likeness (QED) is 0.684. The maximum absolute atomic E-state index is 13.0. The highest BCUT2D eigenvalue weighted by molar-refractivity contribution is 6.07. The highest BCUT2D eigenvalue weighted by atomic mass is 16.5. The van der Waals surface area contributed by atoms with Crippen LogP contribution in [-0.2, 0) is 12.8 Å². The number of carbonyl (C=O) groups excluding carboxylic acids is 1. The molecular formula is C24H25N3O2. The van der Waals surface area contributed by atoms with Gasteiger partial charge in [-0.25, -0.2) is 4.98 Å². The van der Waals surface area contributed by atoms with Crippen molar-refractivity contribution in [2.45, 2.75) is 25.8 Å². The molecular weight excluding hydrogens is 362 g/mol. The molecule has 1 unspecified atom stereocenters. The summed E-state index contributed by atoms with van der Waals surface area (Å²) in [6.07, 6.45) is 3.43. The molecule has 1 amide bonds. The molecule has 3 aromatic rings. The third kappa shape index (κ3) is 4.09. The molecule has 0 spiro atoms. The van der Waals surface area contributed by atoms with Crippen LogP contribution in [0.2, 0.25) is 0 Å². The van der Waals surface area contributed by atoms with Crippen molar-refractivity contribution in [3.05, 3.63) is 83.6 Å². The molecule has 29 heavy (non-hydrogen) atoms. The summed E-state index contributed by atoms with van der Waals surface area (Å²) >= 11 is 0. The number of carbonyl (C=O) groups is 1. The van der Waals surface area contributed by atoms with Gasteiger partial charge in [0.05, 0.1) is 12.7 Å². The van der Waals surface area contributed by atoms with Gasteiger partial charge in [0.15, 0.2) is 0 Å². The van der Waals surface area contributed by atoms with Gasteiger partial charge in [-0.15, -0.1) is 0 Å². The zero-order chi connectivity index (χ0) is 20.2. The van der Waals surface area contributed by atoms with Crippen molar-refractivity contribution in [3.8, 4) is 5.75 Å². The molecule has 1 N–H and O–H groups in total. The lowest BCUT2D eigenvalue weighted by Gasteiger charge is -2.22. The summed E-state index contributed by atoms with van der Waals surface area (Å²) in [6.45, 7) is 2.85. The normalized spacial score (nSPS) is 15.1. The largest absolute Gasteiger partial charge is 0.497 e. The van der Waals surface area contributed by atoms with Crippen LogP contribution in [0.3, 0.4) is 0 Å². The first kappa shape index (κ1) is 19.0. The van der Waals surface area contributed by atoms with E-state index in [4.69, 9.17) is 4.74 Å². The zero-order valence-corrected chi connectivity index (χ0v) is 16.8. The Balaban J connectivity index is 1.37. The van der Waals surface area contributed by atoms with Crippen LogP contribution in [0.25, 0.3) is 0 Å². The van der Waals surface area contributed by atoms with Crippen molar-refractivity contribution in [1.82, 2.24) is 4.98 Å². The molecule has 148 valence electrons. The van der Waals surface area contributed by atoms with Crippen molar-refractivity contribution in [2.24, 2.45) is 0 Å². The molecule has 0 bridgehead atoms. The maximum atomic E-state index is 13.0. The smallest absolute Gasteiger partial charge is 0.260 e. The Morgan fingerprint density at radius 1 is 1.14 bits per heavy atom.